The standard InChI is InChI=1S/C15H13F2NO3/c16-8-5-10-13(12(17)6-8)18(9-3-1-2-4-9)7-11(14(10)19)15(20)21/h5-7,9H,1-4H2,(H,20,21). The molecule has 4 nitrogen and oxygen atoms in total. The second kappa shape index (κ2) is 4.95. The van der Waals surface area contributed by atoms with Crippen LogP contribution in [0.2, 0.25) is 0 Å². The second-order valence-corrected chi connectivity index (χ2v) is 5.31. The molecule has 0 spiro atoms. The van der Waals surface area contributed by atoms with Gasteiger partial charge in [-0.25, -0.2) is 13.6 Å². The minimum Gasteiger partial charge on any atom is -0.477 e. The van der Waals surface area contributed by atoms with Crippen LogP contribution in [0.1, 0.15) is 42.1 Å². The number of rotatable bonds is 2. The third-order valence-corrected chi connectivity index (χ3v) is 3.99. The van der Waals surface area contributed by atoms with Crippen LogP contribution in [-0.4, -0.2) is 15.6 Å². The molecule has 1 aromatic heterocycles. The number of aromatic nitrogens is 1. The van der Waals surface area contributed by atoms with Crippen molar-refractivity contribution in [1.29, 1.82) is 0 Å². The van der Waals surface area contributed by atoms with Crippen LogP contribution in [0.15, 0.2) is 23.1 Å². The molecule has 0 atom stereocenters. The summed E-state index contributed by atoms with van der Waals surface area (Å²) in [5.74, 6) is -3.12. The maximum Gasteiger partial charge on any atom is 0.341 e. The van der Waals surface area contributed by atoms with Crippen LogP contribution in [-0.2, 0) is 0 Å². The van der Waals surface area contributed by atoms with Gasteiger partial charge >= 0.3 is 5.97 Å². The summed E-state index contributed by atoms with van der Waals surface area (Å²) in [5, 5.41) is 8.91. The molecule has 1 aromatic carbocycles. The third-order valence-electron chi connectivity index (χ3n) is 3.99. The van der Waals surface area contributed by atoms with Crippen molar-refractivity contribution in [2.45, 2.75) is 31.7 Å². The zero-order valence-corrected chi connectivity index (χ0v) is 11.1. The number of hydrogen-bond donors (Lipinski definition) is 1. The fourth-order valence-electron chi connectivity index (χ4n) is 3.03. The highest BCUT2D eigenvalue weighted by atomic mass is 19.1. The molecule has 0 radical (unpaired) electrons. The van der Waals surface area contributed by atoms with Gasteiger partial charge in [-0.1, -0.05) is 12.8 Å². The Kier molecular flexibility index (Phi) is 3.23. The topological polar surface area (TPSA) is 59.3 Å². The number of carboxylic acids is 1. The first-order valence-corrected chi connectivity index (χ1v) is 6.76. The number of benzene rings is 1. The van der Waals surface area contributed by atoms with Gasteiger partial charge in [-0.05, 0) is 18.9 Å². The lowest BCUT2D eigenvalue weighted by molar-refractivity contribution is 0.0694. The van der Waals surface area contributed by atoms with Crippen molar-refractivity contribution in [3.8, 4) is 0 Å². The molecule has 0 amide bonds. The molecule has 1 saturated carbocycles. The summed E-state index contributed by atoms with van der Waals surface area (Å²) in [6.07, 6.45) is 4.68. The lowest BCUT2D eigenvalue weighted by atomic mass is 10.1. The predicted octanol–water partition coefficient (Wildman–Crippen LogP) is 3.09. The van der Waals surface area contributed by atoms with E-state index in [1.54, 1.807) is 0 Å². The Morgan fingerprint density at radius 3 is 2.52 bits per heavy atom. The lowest BCUT2D eigenvalue weighted by Gasteiger charge is -2.19. The van der Waals surface area contributed by atoms with E-state index >= 15 is 0 Å². The quantitative estimate of drug-likeness (QED) is 0.925. The molecule has 21 heavy (non-hydrogen) atoms. The number of halogens is 2. The van der Waals surface area contributed by atoms with E-state index in [1.807, 2.05) is 0 Å². The van der Waals surface area contributed by atoms with E-state index in [-0.39, 0.29) is 16.9 Å². The van der Waals surface area contributed by atoms with Gasteiger partial charge in [0.05, 0.1) is 10.9 Å². The van der Waals surface area contributed by atoms with Crippen LogP contribution in [0.3, 0.4) is 0 Å². The average molecular weight is 293 g/mol. The number of hydrogen-bond acceptors (Lipinski definition) is 2. The minimum atomic E-state index is -1.39. The van der Waals surface area contributed by atoms with Gasteiger partial charge in [0.15, 0.2) is 5.82 Å². The zero-order valence-electron chi connectivity index (χ0n) is 11.1. The van der Waals surface area contributed by atoms with E-state index in [0.717, 1.165) is 31.7 Å². The monoisotopic (exact) mass is 293 g/mol. The summed E-state index contributed by atoms with van der Waals surface area (Å²) in [7, 11) is 0. The number of carbonyl (C=O) groups is 1. The molecule has 0 bridgehead atoms. The summed E-state index contributed by atoms with van der Waals surface area (Å²) in [6, 6.07) is 1.55. The first kappa shape index (κ1) is 13.7. The van der Waals surface area contributed by atoms with E-state index in [1.165, 1.54) is 10.8 Å². The smallest absolute Gasteiger partial charge is 0.341 e. The molecule has 1 aliphatic rings. The lowest BCUT2D eigenvalue weighted by Crippen LogP contribution is -2.21. The highest BCUT2D eigenvalue weighted by molar-refractivity contribution is 5.92. The summed E-state index contributed by atoms with van der Waals surface area (Å²) in [6.45, 7) is 0. The van der Waals surface area contributed by atoms with Gasteiger partial charge in [-0.2, -0.15) is 0 Å². The van der Waals surface area contributed by atoms with Crippen molar-refractivity contribution in [2.75, 3.05) is 0 Å². The molecule has 110 valence electrons. The van der Waals surface area contributed by atoms with Crippen molar-refractivity contribution in [2.24, 2.45) is 0 Å². The summed E-state index contributed by atoms with van der Waals surface area (Å²) >= 11 is 0. The highest BCUT2D eigenvalue weighted by Gasteiger charge is 2.24. The molecular formula is C15H13F2NO3. The zero-order chi connectivity index (χ0) is 15.1. The Balaban J connectivity index is 2.42. The van der Waals surface area contributed by atoms with E-state index in [4.69, 9.17) is 5.11 Å². The van der Waals surface area contributed by atoms with Gasteiger partial charge in [0.1, 0.15) is 11.4 Å². The molecule has 0 aliphatic heterocycles. The summed E-state index contributed by atoms with van der Waals surface area (Å²) in [5.41, 5.74) is -1.33. The van der Waals surface area contributed by atoms with Crippen LogP contribution in [0.25, 0.3) is 10.9 Å². The summed E-state index contributed by atoms with van der Waals surface area (Å²) in [4.78, 5) is 23.3. The number of nitrogens with zero attached hydrogens (tertiary/aromatic N) is 1. The van der Waals surface area contributed by atoms with E-state index in [2.05, 4.69) is 0 Å². The number of fused-ring (bicyclic) bond motifs is 1. The van der Waals surface area contributed by atoms with Crippen LogP contribution in [0.5, 0.6) is 0 Å². The van der Waals surface area contributed by atoms with Gasteiger partial charge in [0, 0.05) is 18.3 Å². The first-order chi connectivity index (χ1) is 9.99. The van der Waals surface area contributed by atoms with Crippen LogP contribution in [0, 0.1) is 11.6 Å². The molecule has 1 heterocycles. The number of aromatic carboxylic acids is 1. The van der Waals surface area contributed by atoms with Crippen molar-refractivity contribution in [3.63, 3.8) is 0 Å². The normalized spacial score (nSPS) is 15.7. The van der Waals surface area contributed by atoms with E-state index in [0.29, 0.717) is 6.07 Å². The van der Waals surface area contributed by atoms with Gasteiger partial charge < -0.3 is 9.67 Å². The maximum absolute atomic E-state index is 14.1. The largest absolute Gasteiger partial charge is 0.477 e. The van der Waals surface area contributed by atoms with Crippen molar-refractivity contribution < 1.29 is 18.7 Å². The van der Waals surface area contributed by atoms with E-state index < -0.39 is 28.6 Å². The Morgan fingerprint density at radius 2 is 1.90 bits per heavy atom. The summed E-state index contributed by atoms with van der Waals surface area (Å²) < 4.78 is 29.0. The SMILES string of the molecule is O=C(O)c1cn(C2CCCC2)c2c(F)cc(F)cc2c1=O. The Morgan fingerprint density at radius 1 is 1.24 bits per heavy atom. The maximum atomic E-state index is 14.1. The van der Waals surface area contributed by atoms with Gasteiger partial charge in [0.25, 0.3) is 0 Å². The fourth-order valence-corrected chi connectivity index (χ4v) is 3.03. The van der Waals surface area contributed by atoms with Crippen LogP contribution >= 0.6 is 0 Å². The molecule has 0 saturated heterocycles. The Hall–Kier alpha value is -2.24. The van der Waals surface area contributed by atoms with Crippen molar-refractivity contribution in [1.82, 2.24) is 4.57 Å². The minimum absolute atomic E-state index is 0.0155. The number of carboxylic acid groups (broad SMARTS) is 1. The van der Waals surface area contributed by atoms with E-state index in [9.17, 15) is 18.4 Å². The molecule has 2 aromatic rings. The third kappa shape index (κ3) is 2.20. The Labute approximate surface area is 118 Å². The molecule has 3 rings (SSSR count). The predicted molar refractivity (Wildman–Crippen MR) is 72.6 cm³/mol. The molecular weight excluding hydrogens is 280 g/mol. The average Bonchev–Trinajstić information content (AvgIpc) is 2.93. The molecule has 1 fully saturated rings. The van der Waals surface area contributed by atoms with Gasteiger partial charge in [-0.3, -0.25) is 4.79 Å². The van der Waals surface area contributed by atoms with Gasteiger partial charge in [0.2, 0.25) is 5.43 Å². The molecule has 6 heteroatoms. The Bertz CT molecular complexity index is 792. The first-order valence-electron chi connectivity index (χ1n) is 6.76. The van der Waals surface area contributed by atoms with Crippen LogP contribution < -0.4 is 5.43 Å². The van der Waals surface area contributed by atoms with Crippen molar-refractivity contribution >= 4 is 16.9 Å². The molecule has 1 aliphatic carbocycles. The fraction of sp³-hybridized carbons (Fsp3) is 0.333. The van der Waals surface area contributed by atoms with Crippen LogP contribution in [0.4, 0.5) is 8.78 Å². The second-order valence-electron chi connectivity index (χ2n) is 5.31. The highest BCUT2D eigenvalue weighted by Crippen LogP contribution is 2.32. The molecule has 1 N–H and O–H groups in total. The van der Waals surface area contributed by atoms with Gasteiger partial charge in [-0.15, -0.1) is 0 Å². The van der Waals surface area contributed by atoms with Crippen molar-refractivity contribution in [3.05, 3.63) is 45.8 Å². The molecule has 0 unspecified atom stereocenters. The number of pyridine rings is 1.